The van der Waals surface area contributed by atoms with Gasteiger partial charge in [0.15, 0.2) is 0 Å². The first kappa shape index (κ1) is 17.3. The summed E-state index contributed by atoms with van der Waals surface area (Å²) in [5.41, 5.74) is 0.953. The maximum atomic E-state index is 11.9. The highest BCUT2D eigenvalue weighted by molar-refractivity contribution is 5.82. The number of allylic oxidation sites excluding steroid dienone is 1. The van der Waals surface area contributed by atoms with Gasteiger partial charge in [0.25, 0.3) is 0 Å². The molecule has 0 bridgehead atoms. The van der Waals surface area contributed by atoms with Crippen LogP contribution in [0, 0.1) is 11.8 Å². The molecular formula is C17H29NO4. The zero-order valence-electron chi connectivity index (χ0n) is 14.3. The van der Waals surface area contributed by atoms with Crippen LogP contribution in [-0.2, 0) is 19.0 Å². The van der Waals surface area contributed by atoms with Crippen LogP contribution in [0.25, 0.3) is 0 Å². The molecule has 0 aromatic rings. The van der Waals surface area contributed by atoms with Gasteiger partial charge in [0, 0.05) is 37.4 Å². The van der Waals surface area contributed by atoms with Crippen LogP contribution in [-0.4, -0.2) is 44.5 Å². The Labute approximate surface area is 133 Å². The van der Waals surface area contributed by atoms with Gasteiger partial charge in [0.05, 0.1) is 18.8 Å². The Kier molecular flexibility index (Phi) is 5.50. The first-order chi connectivity index (χ1) is 10.4. The van der Waals surface area contributed by atoms with E-state index in [0.29, 0.717) is 18.4 Å². The Balaban J connectivity index is 2.23. The van der Waals surface area contributed by atoms with E-state index >= 15 is 0 Å². The van der Waals surface area contributed by atoms with Crippen LogP contribution in [0.1, 0.15) is 40.0 Å². The summed E-state index contributed by atoms with van der Waals surface area (Å²) < 4.78 is 16.3. The van der Waals surface area contributed by atoms with Gasteiger partial charge in [-0.25, -0.2) is 4.79 Å². The summed E-state index contributed by atoms with van der Waals surface area (Å²) in [5, 5.41) is 3.52. The molecule has 126 valence electrons. The molecule has 1 N–H and O–H groups in total. The third-order valence-electron chi connectivity index (χ3n) is 4.83. The third kappa shape index (κ3) is 3.82. The van der Waals surface area contributed by atoms with E-state index in [0.717, 1.165) is 25.0 Å². The molecule has 0 aromatic heterocycles. The molecule has 22 heavy (non-hydrogen) atoms. The number of esters is 1. The fraction of sp³-hybridized carbons (Fsp3) is 0.824. The molecule has 2 aliphatic rings. The van der Waals surface area contributed by atoms with Gasteiger partial charge in [-0.3, -0.25) is 0 Å². The van der Waals surface area contributed by atoms with Gasteiger partial charge < -0.3 is 19.5 Å². The highest BCUT2D eigenvalue weighted by Gasteiger charge is 2.45. The van der Waals surface area contributed by atoms with Crippen molar-refractivity contribution in [3.05, 3.63) is 11.8 Å². The van der Waals surface area contributed by atoms with Gasteiger partial charge in [0.1, 0.15) is 0 Å². The summed E-state index contributed by atoms with van der Waals surface area (Å²) in [6, 6.07) is 0. The molecule has 1 saturated carbocycles. The van der Waals surface area contributed by atoms with E-state index < -0.39 is 0 Å². The number of methoxy groups -OCH3 is 2. The van der Waals surface area contributed by atoms with Crippen molar-refractivity contribution < 1.29 is 19.0 Å². The monoisotopic (exact) mass is 311 g/mol. The normalized spacial score (nSPS) is 35.6. The summed E-state index contributed by atoms with van der Waals surface area (Å²) in [5.74, 6) is 0.520. The molecule has 0 spiro atoms. The van der Waals surface area contributed by atoms with Crippen LogP contribution in [0.15, 0.2) is 11.8 Å². The molecule has 4 unspecified atom stereocenters. The summed E-state index contributed by atoms with van der Waals surface area (Å²) in [4.78, 5) is 11.9. The van der Waals surface area contributed by atoms with Crippen molar-refractivity contribution in [1.82, 2.24) is 5.32 Å². The average molecular weight is 311 g/mol. The number of rotatable bonds is 4. The van der Waals surface area contributed by atoms with Gasteiger partial charge in [-0.15, -0.1) is 0 Å². The van der Waals surface area contributed by atoms with Gasteiger partial charge in [-0.2, -0.15) is 0 Å². The first-order valence-corrected chi connectivity index (χ1v) is 8.12. The molecule has 2 fully saturated rings. The van der Waals surface area contributed by atoms with E-state index in [1.165, 1.54) is 0 Å². The Bertz CT molecular complexity index is 432. The number of fused-ring (bicyclic) bond motifs is 1. The van der Waals surface area contributed by atoms with E-state index in [4.69, 9.17) is 14.2 Å². The Morgan fingerprint density at radius 2 is 1.91 bits per heavy atom. The molecule has 4 atom stereocenters. The highest BCUT2D eigenvalue weighted by atomic mass is 16.5. The van der Waals surface area contributed by atoms with Crippen LogP contribution < -0.4 is 5.32 Å². The molecular weight excluding hydrogens is 282 g/mol. The second-order valence-corrected chi connectivity index (χ2v) is 6.95. The van der Waals surface area contributed by atoms with Crippen molar-refractivity contribution in [2.24, 2.45) is 11.8 Å². The van der Waals surface area contributed by atoms with Crippen molar-refractivity contribution in [2.45, 2.75) is 57.8 Å². The van der Waals surface area contributed by atoms with Crippen LogP contribution in [0.4, 0.5) is 0 Å². The van der Waals surface area contributed by atoms with E-state index in [9.17, 15) is 4.79 Å². The zero-order chi connectivity index (χ0) is 16.3. The van der Waals surface area contributed by atoms with Gasteiger partial charge in [-0.05, 0) is 46.0 Å². The van der Waals surface area contributed by atoms with E-state index in [-0.39, 0.29) is 23.7 Å². The number of hydrogen-bond donors (Lipinski definition) is 1. The Hall–Kier alpha value is -1.07. The van der Waals surface area contributed by atoms with Crippen LogP contribution >= 0.6 is 0 Å². The fourth-order valence-corrected chi connectivity index (χ4v) is 3.96. The lowest BCUT2D eigenvalue weighted by molar-refractivity contribution is -0.137. The van der Waals surface area contributed by atoms with E-state index in [1.54, 1.807) is 20.3 Å². The second kappa shape index (κ2) is 7.01. The lowest BCUT2D eigenvalue weighted by Crippen LogP contribution is -2.54. The molecule has 1 heterocycles. The smallest absolute Gasteiger partial charge is 0.332 e. The minimum atomic E-state index is -0.274. The van der Waals surface area contributed by atoms with Gasteiger partial charge in [0.2, 0.25) is 0 Å². The van der Waals surface area contributed by atoms with Crippen LogP contribution in [0.3, 0.4) is 0 Å². The summed E-state index contributed by atoms with van der Waals surface area (Å²) in [6.07, 6.45) is 4.72. The predicted molar refractivity (Wildman–Crippen MR) is 84.4 cm³/mol. The number of ether oxygens (including phenoxy) is 3. The lowest BCUT2D eigenvalue weighted by Gasteiger charge is -2.49. The largest absolute Gasteiger partial charge is 0.463 e. The third-order valence-corrected chi connectivity index (χ3v) is 4.83. The van der Waals surface area contributed by atoms with Crippen LogP contribution in [0.5, 0.6) is 0 Å². The molecule has 0 amide bonds. The van der Waals surface area contributed by atoms with Crippen molar-refractivity contribution in [2.75, 3.05) is 20.8 Å². The summed E-state index contributed by atoms with van der Waals surface area (Å²) >= 11 is 0. The number of carbonyl (C=O) groups excluding carboxylic acids is 1. The molecule has 5 nitrogen and oxygen atoms in total. The standard InChI is InChI=1S/C17H29NO4/c1-6-22-16(19)9-13-12-8-15(21-5)14(20-4)7-11(12)10-17(2,3)18-13/h9,11-12,14-15,18H,6-8,10H2,1-5H3/b13-9-. The highest BCUT2D eigenvalue weighted by Crippen LogP contribution is 2.44. The van der Waals surface area contributed by atoms with Crippen molar-refractivity contribution >= 4 is 5.97 Å². The Morgan fingerprint density at radius 3 is 2.50 bits per heavy atom. The minimum Gasteiger partial charge on any atom is -0.463 e. The van der Waals surface area contributed by atoms with E-state index in [1.807, 2.05) is 6.92 Å². The quantitative estimate of drug-likeness (QED) is 0.637. The van der Waals surface area contributed by atoms with Gasteiger partial charge in [-0.1, -0.05) is 0 Å². The lowest BCUT2D eigenvalue weighted by atomic mass is 9.67. The molecule has 2 rings (SSSR count). The molecule has 1 aliphatic carbocycles. The zero-order valence-corrected chi connectivity index (χ0v) is 14.3. The first-order valence-electron chi connectivity index (χ1n) is 8.12. The summed E-state index contributed by atoms with van der Waals surface area (Å²) in [6.45, 7) is 6.56. The molecule has 0 aromatic carbocycles. The topological polar surface area (TPSA) is 56.8 Å². The maximum Gasteiger partial charge on any atom is 0.332 e. The predicted octanol–water partition coefficient (Wildman–Crippen LogP) is 2.26. The second-order valence-electron chi connectivity index (χ2n) is 6.95. The van der Waals surface area contributed by atoms with Gasteiger partial charge >= 0.3 is 5.97 Å². The van der Waals surface area contributed by atoms with E-state index in [2.05, 4.69) is 19.2 Å². The molecule has 1 aliphatic heterocycles. The number of carbonyl (C=O) groups is 1. The molecule has 1 saturated heterocycles. The maximum absolute atomic E-state index is 11.9. The SMILES string of the molecule is CCOC(=O)/C=C1\NC(C)(C)CC2CC(OC)C(OC)CC12. The van der Waals surface area contributed by atoms with Crippen molar-refractivity contribution in [1.29, 1.82) is 0 Å². The fourth-order valence-electron chi connectivity index (χ4n) is 3.96. The minimum absolute atomic E-state index is 0.0301. The average Bonchev–Trinajstić information content (AvgIpc) is 2.45. The summed E-state index contributed by atoms with van der Waals surface area (Å²) in [7, 11) is 3.48. The Morgan fingerprint density at radius 1 is 1.27 bits per heavy atom. The van der Waals surface area contributed by atoms with Crippen LogP contribution in [0.2, 0.25) is 0 Å². The molecule has 5 heteroatoms. The number of piperidine rings is 1. The van der Waals surface area contributed by atoms with Crippen molar-refractivity contribution in [3.63, 3.8) is 0 Å². The molecule has 0 radical (unpaired) electrons. The number of hydrogen-bond acceptors (Lipinski definition) is 5. The number of nitrogens with one attached hydrogen (secondary N) is 1. The van der Waals surface area contributed by atoms with Crippen molar-refractivity contribution in [3.8, 4) is 0 Å².